The predicted molar refractivity (Wildman–Crippen MR) is 75.7 cm³/mol. The third-order valence-electron chi connectivity index (χ3n) is 4.48. The highest BCUT2D eigenvalue weighted by molar-refractivity contribution is 5.81. The topological polar surface area (TPSA) is 32.3 Å². The predicted octanol–water partition coefficient (Wildman–Crippen LogP) is 2.53. The smallest absolute Gasteiger partial charge is 0.238 e. The second kappa shape index (κ2) is 4.64. The van der Waals surface area contributed by atoms with Gasteiger partial charge in [0.05, 0.1) is 6.54 Å². The molecule has 0 radical (unpaired) electrons. The molecule has 3 heteroatoms. The van der Waals surface area contributed by atoms with Crippen molar-refractivity contribution in [3.8, 4) is 0 Å². The number of carbonyl (C=O) groups excluding carboxylic acids is 1. The van der Waals surface area contributed by atoms with Gasteiger partial charge in [0, 0.05) is 6.04 Å². The summed E-state index contributed by atoms with van der Waals surface area (Å²) in [5.74, 6) is 1.01. The van der Waals surface area contributed by atoms with Crippen molar-refractivity contribution in [3.05, 3.63) is 34.9 Å². The molecule has 1 atom stereocenters. The summed E-state index contributed by atoms with van der Waals surface area (Å²) in [5.41, 5.74) is 3.77. The largest absolute Gasteiger partial charge is 0.319 e. The fraction of sp³-hybridized carbons (Fsp3) is 0.562. The molecule has 0 aromatic heterocycles. The van der Waals surface area contributed by atoms with Gasteiger partial charge in [0.2, 0.25) is 5.91 Å². The van der Waals surface area contributed by atoms with Crippen LogP contribution in [0, 0.1) is 19.8 Å². The van der Waals surface area contributed by atoms with Gasteiger partial charge in [0.1, 0.15) is 6.17 Å². The van der Waals surface area contributed by atoms with Gasteiger partial charge in [0.25, 0.3) is 0 Å². The highest BCUT2D eigenvalue weighted by atomic mass is 16.2. The van der Waals surface area contributed by atoms with Crippen molar-refractivity contribution in [1.82, 2.24) is 10.2 Å². The molecule has 102 valence electrons. The van der Waals surface area contributed by atoms with Gasteiger partial charge in [-0.3, -0.25) is 10.1 Å². The number of nitrogens with zero attached hydrogens (tertiary/aromatic N) is 1. The summed E-state index contributed by atoms with van der Waals surface area (Å²) >= 11 is 0. The first-order valence-corrected chi connectivity index (χ1v) is 7.18. The van der Waals surface area contributed by atoms with Gasteiger partial charge >= 0.3 is 0 Å². The molecule has 3 rings (SSSR count). The Balaban J connectivity index is 1.90. The van der Waals surface area contributed by atoms with Crippen molar-refractivity contribution >= 4 is 5.91 Å². The molecule has 1 amide bonds. The lowest BCUT2D eigenvalue weighted by Crippen LogP contribution is -2.46. The first-order chi connectivity index (χ1) is 9.06. The lowest BCUT2D eigenvalue weighted by atomic mass is 9.80. The molecule has 0 spiro atoms. The maximum Gasteiger partial charge on any atom is 0.238 e. The summed E-state index contributed by atoms with van der Waals surface area (Å²) in [6.45, 7) is 6.97. The van der Waals surface area contributed by atoms with Crippen LogP contribution in [0.1, 0.15) is 42.6 Å². The second-order valence-corrected chi connectivity index (χ2v) is 6.17. The molecule has 1 aromatic rings. The number of carbonyl (C=O) groups is 1. The lowest BCUT2D eigenvalue weighted by Gasteiger charge is -2.42. The Morgan fingerprint density at radius 2 is 2.00 bits per heavy atom. The average molecular weight is 258 g/mol. The summed E-state index contributed by atoms with van der Waals surface area (Å²) in [4.78, 5) is 14.2. The molecular weight excluding hydrogens is 236 g/mol. The van der Waals surface area contributed by atoms with E-state index in [1.807, 2.05) is 0 Å². The van der Waals surface area contributed by atoms with Gasteiger partial charge in [-0.15, -0.1) is 0 Å². The van der Waals surface area contributed by atoms with Gasteiger partial charge in [-0.25, -0.2) is 0 Å². The van der Waals surface area contributed by atoms with Gasteiger partial charge in [-0.2, -0.15) is 0 Å². The Morgan fingerprint density at radius 3 is 2.68 bits per heavy atom. The van der Waals surface area contributed by atoms with Gasteiger partial charge in [0.15, 0.2) is 0 Å². The first-order valence-electron chi connectivity index (χ1n) is 7.18. The van der Waals surface area contributed by atoms with Crippen LogP contribution in [0.3, 0.4) is 0 Å². The zero-order valence-corrected chi connectivity index (χ0v) is 11.9. The Morgan fingerprint density at radius 1 is 1.26 bits per heavy atom. The standard InChI is InChI=1S/C16H22N2O/c1-10-4-5-12(3)14(8-10)16-17-9-15(19)18(16)13-6-11(2)7-13/h4-5,8,11,13,16-17H,6-7,9H2,1-3H3. The van der Waals surface area contributed by atoms with E-state index in [0.717, 1.165) is 18.8 Å². The maximum absolute atomic E-state index is 12.2. The molecule has 1 unspecified atom stereocenters. The van der Waals surface area contributed by atoms with Crippen molar-refractivity contribution in [2.75, 3.05) is 6.54 Å². The molecule has 1 heterocycles. The number of rotatable bonds is 2. The average Bonchev–Trinajstić information content (AvgIpc) is 2.70. The van der Waals surface area contributed by atoms with Gasteiger partial charge < -0.3 is 4.90 Å². The number of hydrogen-bond donors (Lipinski definition) is 1. The molecule has 1 N–H and O–H groups in total. The fourth-order valence-electron chi connectivity index (χ4n) is 3.33. The van der Waals surface area contributed by atoms with E-state index < -0.39 is 0 Å². The van der Waals surface area contributed by atoms with Crippen LogP contribution in [0.5, 0.6) is 0 Å². The molecule has 2 fully saturated rings. The Bertz CT molecular complexity index is 505. The number of benzene rings is 1. The number of nitrogens with one attached hydrogen (secondary N) is 1. The van der Waals surface area contributed by atoms with Crippen molar-refractivity contribution in [2.45, 2.75) is 45.8 Å². The van der Waals surface area contributed by atoms with Crippen molar-refractivity contribution in [1.29, 1.82) is 0 Å². The van der Waals surface area contributed by atoms with Crippen LogP contribution in [-0.2, 0) is 4.79 Å². The van der Waals surface area contributed by atoms with E-state index in [0.29, 0.717) is 12.6 Å². The summed E-state index contributed by atoms with van der Waals surface area (Å²) in [6, 6.07) is 6.92. The van der Waals surface area contributed by atoms with Crippen molar-refractivity contribution < 1.29 is 4.79 Å². The quantitative estimate of drug-likeness (QED) is 0.884. The fourth-order valence-corrected chi connectivity index (χ4v) is 3.33. The van der Waals surface area contributed by atoms with Gasteiger partial charge in [-0.05, 0) is 43.7 Å². The van der Waals surface area contributed by atoms with E-state index >= 15 is 0 Å². The summed E-state index contributed by atoms with van der Waals surface area (Å²) < 4.78 is 0. The summed E-state index contributed by atoms with van der Waals surface area (Å²) in [6.07, 6.45) is 2.37. The normalized spacial score (nSPS) is 30.6. The third kappa shape index (κ3) is 2.16. The molecule has 1 aromatic carbocycles. The molecule has 19 heavy (non-hydrogen) atoms. The lowest BCUT2D eigenvalue weighted by molar-refractivity contribution is -0.133. The summed E-state index contributed by atoms with van der Waals surface area (Å²) in [7, 11) is 0. The highest BCUT2D eigenvalue weighted by Crippen LogP contribution is 2.37. The minimum absolute atomic E-state index is 0.0740. The van der Waals surface area contributed by atoms with Crippen LogP contribution in [0.4, 0.5) is 0 Å². The maximum atomic E-state index is 12.2. The molecule has 1 saturated heterocycles. The summed E-state index contributed by atoms with van der Waals surface area (Å²) in [5, 5.41) is 3.38. The monoisotopic (exact) mass is 258 g/mol. The molecular formula is C16H22N2O. The number of amides is 1. The minimum Gasteiger partial charge on any atom is -0.319 e. The number of hydrogen-bond acceptors (Lipinski definition) is 2. The molecule has 0 bridgehead atoms. The van der Waals surface area contributed by atoms with E-state index in [1.165, 1.54) is 16.7 Å². The third-order valence-corrected chi connectivity index (χ3v) is 4.48. The Labute approximate surface area is 115 Å². The minimum atomic E-state index is 0.0740. The Hall–Kier alpha value is -1.35. The van der Waals surface area contributed by atoms with Crippen LogP contribution in [0.15, 0.2) is 18.2 Å². The highest BCUT2D eigenvalue weighted by Gasteiger charge is 2.41. The van der Waals surface area contributed by atoms with Crippen LogP contribution in [0.25, 0.3) is 0 Å². The van der Waals surface area contributed by atoms with Crippen LogP contribution in [-0.4, -0.2) is 23.4 Å². The molecule has 1 saturated carbocycles. The Kier molecular flexibility index (Phi) is 3.09. The van der Waals surface area contributed by atoms with Crippen LogP contribution >= 0.6 is 0 Å². The molecule has 1 aliphatic carbocycles. The number of aryl methyl sites for hydroxylation is 2. The zero-order chi connectivity index (χ0) is 13.6. The molecule has 3 nitrogen and oxygen atoms in total. The zero-order valence-electron chi connectivity index (χ0n) is 11.9. The van der Waals surface area contributed by atoms with E-state index in [2.05, 4.69) is 49.2 Å². The van der Waals surface area contributed by atoms with E-state index in [9.17, 15) is 4.79 Å². The molecule has 2 aliphatic rings. The van der Waals surface area contributed by atoms with E-state index in [1.54, 1.807) is 0 Å². The van der Waals surface area contributed by atoms with E-state index in [4.69, 9.17) is 0 Å². The SMILES string of the molecule is Cc1ccc(C)c(C2NCC(=O)N2C2CC(C)C2)c1. The second-order valence-electron chi connectivity index (χ2n) is 6.17. The molecule has 1 aliphatic heterocycles. The van der Waals surface area contributed by atoms with Crippen LogP contribution < -0.4 is 5.32 Å². The first kappa shape index (κ1) is 12.7. The van der Waals surface area contributed by atoms with Gasteiger partial charge in [-0.1, -0.05) is 30.7 Å². The van der Waals surface area contributed by atoms with E-state index in [-0.39, 0.29) is 12.1 Å². The van der Waals surface area contributed by atoms with Crippen molar-refractivity contribution in [2.24, 2.45) is 5.92 Å². The van der Waals surface area contributed by atoms with Crippen LogP contribution in [0.2, 0.25) is 0 Å². The van der Waals surface area contributed by atoms with Crippen molar-refractivity contribution in [3.63, 3.8) is 0 Å².